The summed E-state index contributed by atoms with van der Waals surface area (Å²) < 4.78 is 0. The number of aromatic nitrogens is 1. The van der Waals surface area contributed by atoms with Crippen LogP contribution in [0.15, 0.2) is 18.3 Å². The molecule has 1 aromatic heterocycles. The summed E-state index contributed by atoms with van der Waals surface area (Å²) in [5, 5.41) is 6.09. The molecule has 0 saturated carbocycles. The molecule has 1 aliphatic rings. The normalized spacial score (nSPS) is 17.5. The highest BCUT2D eigenvalue weighted by Gasteiger charge is 2.21. The zero-order valence-electron chi connectivity index (χ0n) is 10.3. The van der Waals surface area contributed by atoms with Crippen LogP contribution in [0.3, 0.4) is 0 Å². The van der Waals surface area contributed by atoms with E-state index in [2.05, 4.69) is 15.6 Å². The lowest BCUT2D eigenvalue weighted by Gasteiger charge is -2.11. The summed E-state index contributed by atoms with van der Waals surface area (Å²) in [6.07, 6.45) is 3.77. The molecular weight excluding hydrogens is 273 g/mol. The lowest BCUT2D eigenvalue weighted by molar-refractivity contribution is -0.122. The molecule has 1 atom stereocenters. The standard InChI is InChI=1S/C12H17N3O.2ClH/c1-9-4-2-6-14-11(9)8-15-12(16)10-5-3-7-13-10;;/h2,4,6,10,13H,3,5,7-8H2,1H3,(H,15,16);2*1H. The Hall–Kier alpha value is -0.840. The van der Waals surface area contributed by atoms with E-state index in [0.29, 0.717) is 6.54 Å². The van der Waals surface area contributed by atoms with Gasteiger partial charge in [0.15, 0.2) is 0 Å². The van der Waals surface area contributed by atoms with Gasteiger partial charge in [-0.3, -0.25) is 9.78 Å². The number of nitrogens with one attached hydrogen (secondary N) is 2. The molecule has 102 valence electrons. The average molecular weight is 292 g/mol. The molecule has 2 heterocycles. The molecule has 0 aromatic carbocycles. The number of nitrogens with zero attached hydrogens (tertiary/aromatic N) is 1. The SMILES string of the molecule is Cc1cccnc1CNC(=O)C1CCCN1.Cl.Cl. The van der Waals surface area contributed by atoms with Gasteiger partial charge in [0.05, 0.1) is 18.3 Å². The topological polar surface area (TPSA) is 54.0 Å². The third-order valence-electron chi connectivity index (χ3n) is 2.92. The fourth-order valence-corrected chi connectivity index (χ4v) is 1.91. The predicted molar refractivity (Wildman–Crippen MR) is 76.3 cm³/mol. The first-order chi connectivity index (χ1) is 7.77. The molecule has 0 spiro atoms. The van der Waals surface area contributed by atoms with Crippen LogP contribution in [0, 0.1) is 6.92 Å². The van der Waals surface area contributed by atoms with E-state index in [1.807, 2.05) is 19.1 Å². The summed E-state index contributed by atoms with van der Waals surface area (Å²) in [5.74, 6) is 0.0857. The first kappa shape index (κ1) is 17.2. The Kier molecular flexibility index (Phi) is 7.91. The van der Waals surface area contributed by atoms with Crippen LogP contribution in [0.4, 0.5) is 0 Å². The molecule has 2 N–H and O–H groups in total. The molecule has 0 aliphatic carbocycles. The lowest BCUT2D eigenvalue weighted by Crippen LogP contribution is -2.40. The van der Waals surface area contributed by atoms with Gasteiger partial charge in [0.2, 0.25) is 5.91 Å². The van der Waals surface area contributed by atoms with Gasteiger partial charge in [0.1, 0.15) is 0 Å². The van der Waals surface area contributed by atoms with Gasteiger partial charge in [-0.15, -0.1) is 24.8 Å². The Balaban J connectivity index is 0.00000144. The molecule has 1 amide bonds. The summed E-state index contributed by atoms with van der Waals surface area (Å²) >= 11 is 0. The number of hydrogen-bond acceptors (Lipinski definition) is 3. The minimum atomic E-state index is -0.0102. The van der Waals surface area contributed by atoms with Crippen LogP contribution >= 0.6 is 24.8 Å². The smallest absolute Gasteiger partial charge is 0.237 e. The van der Waals surface area contributed by atoms with E-state index in [0.717, 1.165) is 30.6 Å². The van der Waals surface area contributed by atoms with Gasteiger partial charge >= 0.3 is 0 Å². The molecule has 0 radical (unpaired) electrons. The molecule has 18 heavy (non-hydrogen) atoms. The quantitative estimate of drug-likeness (QED) is 0.890. The van der Waals surface area contributed by atoms with Crippen LogP contribution in [0.2, 0.25) is 0 Å². The molecule has 1 saturated heterocycles. The van der Waals surface area contributed by atoms with Crippen molar-refractivity contribution in [3.05, 3.63) is 29.6 Å². The van der Waals surface area contributed by atoms with E-state index < -0.39 is 0 Å². The number of rotatable bonds is 3. The third-order valence-corrected chi connectivity index (χ3v) is 2.92. The number of carbonyl (C=O) groups excluding carboxylic acids is 1. The molecule has 6 heteroatoms. The van der Waals surface area contributed by atoms with E-state index >= 15 is 0 Å². The second kappa shape index (κ2) is 8.29. The fraction of sp³-hybridized carbons (Fsp3) is 0.500. The van der Waals surface area contributed by atoms with Crippen molar-refractivity contribution in [1.82, 2.24) is 15.6 Å². The minimum Gasteiger partial charge on any atom is -0.349 e. The van der Waals surface area contributed by atoms with Crippen molar-refractivity contribution >= 4 is 30.7 Å². The van der Waals surface area contributed by atoms with E-state index in [1.54, 1.807) is 6.20 Å². The van der Waals surface area contributed by atoms with Crippen molar-refractivity contribution in [3.8, 4) is 0 Å². The maximum Gasteiger partial charge on any atom is 0.237 e. The van der Waals surface area contributed by atoms with Crippen molar-refractivity contribution in [2.45, 2.75) is 32.4 Å². The first-order valence-electron chi connectivity index (χ1n) is 5.69. The van der Waals surface area contributed by atoms with Crippen molar-refractivity contribution in [2.24, 2.45) is 0 Å². The summed E-state index contributed by atoms with van der Waals surface area (Å²) in [7, 11) is 0. The molecule has 4 nitrogen and oxygen atoms in total. The van der Waals surface area contributed by atoms with E-state index in [4.69, 9.17) is 0 Å². The summed E-state index contributed by atoms with van der Waals surface area (Å²) in [4.78, 5) is 16.0. The Morgan fingerprint density at radius 2 is 2.33 bits per heavy atom. The first-order valence-corrected chi connectivity index (χ1v) is 5.69. The van der Waals surface area contributed by atoms with Crippen LogP contribution in [0.1, 0.15) is 24.1 Å². The maximum absolute atomic E-state index is 11.7. The predicted octanol–water partition coefficient (Wildman–Crippen LogP) is 1.60. The highest BCUT2D eigenvalue weighted by atomic mass is 35.5. The van der Waals surface area contributed by atoms with Crippen LogP contribution < -0.4 is 10.6 Å². The van der Waals surface area contributed by atoms with Gasteiger partial charge in [-0.1, -0.05) is 6.07 Å². The van der Waals surface area contributed by atoms with Crippen LogP contribution in [-0.2, 0) is 11.3 Å². The summed E-state index contributed by atoms with van der Waals surface area (Å²) in [6, 6.07) is 3.89. The molecule has 1 fully saturated rings. The second-order valence-electron chi connectivity index (χ2n) is 4.13. The Morgan fingerprint density at radius 1 is 1.56 bits per heavy atom. The molecule has 1 aliphatic heterocycles. The number of carbonyl (C=O) groups is 1. The van der Waals surface area contributed by atoms with Gasteiger partial charge in [-0.2, -0.15) is 0 Å². The number of hydrogen-bond donors (Lipinski definition) is 2. The average Bonchev–Trinajstić information content (AvgIpc) is 2.81. The van der Waals surface area contributed by atoms with Crippen molar-refractivity contribution < 1.29 is 4.79 Å². The number of amides is 1. The van der Waals surface area contributed by atoms with Gasteiger partial charge in [-0.25, -0.2) is 0 Å². The van der Waals surface area contributed by atoms with Crippen LogP contribution in [-0.4, -0.2) is 23.5 Å². The Morgan fingerprint density at radius 3 is 2.94 bits per heavy atom. The van der Waals surface area contributed by atoms with Gasteiger partial charge in [-0.05, 0) is 37.9 Å². The highest BCUT2D eigenvalue weighted by molar-refractivity contribution is 5.85. The fourth-order valence-electron chi connectivity index (χ4n) is 1.91. The molecular formula is C12H19Cl2N3O. The Labute approximate surface area is 120 Å². The van der Waals surface area contributed by atoms with Gasteiger partial charge in [0, 0.05) is 6.20 Å². The molecule has 1 unspecified atom stereocenters. The number of halogens is 2. The van der Waals surface area contributed by atoms with Crippen LogP contribution in [0.25, 0.3) is 0 Å². The highest BCUT2D eigenvalue weighted by Crippen LogP contribution is 2.06. The van der Waals surface area contributed by atoms with E-state index in [1.165, 1.54) is 0 Å². The zero-order valence-corrected chi connectivity index (χ0v) is 11.9. The molecule has 2 rings (SSSR count). The third kappa shape index (κ3) is 4.44. The van der Waals surface area contributed by atoms with E-state index in [-0.39, 0.29) is 36.8 Å². The minimum absolute atomic E-state index is 0. The molecule has 0 bridgehead atoms. The van der Waals surface area contributed by atoms with E-state index in [9.17, 15) is 4.79 Å². The Bertz CT molecular complexity index is 381. The number of aryl methyl sites for hydroxylation is 1. The lowest BCUT2D eigenvalue weighted by atomic mass is 10.2. The maximum atomic E-state index is 11.7. The van der Waals surface area contributed by atoms with Crippen molar-refractivity contribution in [2.75, 3.05) is 6.54 Å². The molecule has 1 aromatic rings. The van der Waals surface area contributed by atoms with Crippen molar-refractivity contribution in [1.29, 1.82) is 0 Å². The van der Waals surface area contributed by atoms with Gasteiger partial charge < -0.3 is 10.6 Å². The zero-order chi connectivity index (χ0) is 11.4. The summed E-state index contributed by atoms with van der Waals surface area (Å²) in [5.41, 5.74) is 2.05. The van der Waals surface area contributed by atoms with Gasteiger partial charge in [0.25, 0.3) is 0 Å². The largest absolute Gasteiger partial charge is 0.349 e. The number of pyridine rings is 1. The monoisotopic (exact) mass is 291 g/mol. The summed E-state index contributed by atoms with van der Waals surface area (Å²) in [6.45, 7) is 3.46. The van der Waals surface area contributed by atoms with Crippen molar-refractivity contribution in [3.63, 3.8) is 0 Å². The second-order valence-corrected chi connectivity index (χ2v) is 4.13. The van der Waals surface area contributed by atoms with Crippen LogP contribution in [0.5, 0.6) is 0 Å².